The van der Waals surface area contributed by atoms with E-state index in [1.165, 1.54) is 20.5 Å². The standard InChI is InChI=1S/C20H23N3O5S2/c1-15-4-6-16(7-5-15)21-18(24)19(25)22-10-8-20(9-11-22)23(12-13-28-20)30(26,27)17-3-2-14-29-17/h2-7,14H,8-13H2,1H3,(H,21,24). The van der Waals surface area contributed by atoms with Gasteiger partial charge in [0.25, 0.3) is 10.0 Å². The minimum Gasteiger partial charge on any atom is -0.358 e. The summed E-state index contributed by atoms with van der Waals surface area (Å²) >= 11 is 1.17. The predicted molar refractivity (Wildman–Crippen MR) is 113 cm³/mol. The summed E-state index contributed by atoms with van der Waals surface area (Å²) < 4.78 is 33.6. The number of hydrogen-bond acceptors (Lipinski definition) is 6. The summed E-state index contributed by atoms with van der Waals surface area (Å²) in [5.41, 5.74) is 0.645. The first-order valence-electron chi connectivity index (χ1n) is 9.69. The minimum atomic E-state index is -3.66. The Bertz CT molecular complexity index is 1030. The number of nitrogens with zero attached hydrogens (tertiary/aromatic N) is 2. The number of thiophene rings is 1. The lowest BCUT2D eigenvalue weighted by Gasteiger charge is -2.42. The number of amides is 2. The Morgan fingerprint density at radius 3 is 2.43 bits per heavy atom. The number of piperidine rings is 1. The number of hydrogen-bond donors (Lipinski definition) is 1. The lowest BCUT2D eigenvalue weighted by atomic mass is 10.0. The molecule has 30 heavy (non-hydrogen) atoms. The molecular weight excluding hydrogens is 426 g/mol. The summed E-state index contributed by atoms with van der Waals surface area (Å²) in [4.78, 5) is 26.4. The van der Waals surface area contributed by atoms with Crippen molar-refractivity contribution in [1.82, 2.24) is 9.21 Å². The summed E-state index contributed by atoms with van der Waals surface area (Å²) in [6.07, 6.45) is 0.641. The molecule has 0 atom stereocenters. The molecule has 2 amide bonds. The first-order valence-corrected chi connectivity index (χ1v) is 12.0. The highest BCUT2D eigenvalue weighted by Gasteiger charge is 2.51. The van der Waals surface area contributed by atoms with Crippen LogP contribution in [-0.4, -0.2) is 61.4 Å². The molecule has 2 aliphatic rings. The van der Waals surface area contributed by atoms with E-state index < -0.39 is 27.6 Å². The van der Waals surface area contributed by atoms with Crippen LogP contribution < -0.4 is 5.32 Å². The fraction of sp³-hybridized carbons (Fsp3) is 0.400. The third kappa shape index (κ3) is 3.87. The monoisotopic (exact) mass is 449 g/mol. The molecule has 2 aromatic rings. The zero-order valence-electron chi connectivity index (χ0n) is 16.5. The molecule has 2 fully saturated rings. The van der Waals surface area contributed by atoms with Crippen molar-refractivity contribution in [3.05, 3.63) is 47.3 Å². The fourth-order valence-corrected chi connectivity index (χ4v) is 6.70. The van der Waals surface area contributed by atoms with Crippen molar-refractivity contribution < 1.29 is 22.7 Å². The topological polar surface area (TPSA) is 96.0 Å². The summed E-state index contributed by atoms with van der Waals surface area (Å²) in [5.74, 6) is -1.33. The van der Waals surface area contributed by atoms with Crippen LogP contribution in [0.15, 0.2) is 46.0 Å². The van der Waals surface area contributed by atoms with Gasteiger partial charge in [0.2, 0.25) is 0 Å². The van der Waals surface area contributed by atoms with Gasteiger partial charge in [-0.1, -0.05) is 23.8 Å². The molecule has 0 radical (unpaired) electrons. The smallest absolute Gasteiger partial charge is 0.313 e. The van der Waals surface area contributed by atoms with E-state index >= 15 is 0 Å². The number of rotatable bonds is 3. The molecule has 0 bridgehead atoms. The third-order valence-corrected chi connectivity index (χ3v) is 8.82. The van der Waals surface area contributed by atoms with Crippen LogP contribution in [-0.2, 0) is 24.3 Å². The number of nitrogens with one attached hydrogen (secondary N) is 1. The summed E-state index contributed by atoms with van der Waals surface area (Å²) in [7, 11) is -3.66. The van der Waals surface area contributed by atoms with Crippen LogP contribution >= 0.6 is 11.3 Å². The lowest BCUT2D eigenvalue weighted by Crippen LogP contribution is -2.56. The largest absolute Gasteiger partial charge is 0.358 e. The second-order valence-corrected chi connectivity index (χ2v) is 10.5. The molecule has 3 heterocycles. The number of aryl methyl sites for hydroxylation is 1. The van der Waals surface area contributed by atoms with Crippen LogP contribution in [0.25, 0.3) is 0 Å². The molecule has 4 rings (SSSR count). The molecule has 0 unspecified atom stereocenters. The van der Waals surface area contributed by atoms with Gasteiger partial charge < -0.3 is 15.0 Å². The first kappa shape index (κ1) is 21.0. The van der Waals surface area contributed by atoms with Gasteiger partial charge in [-0.2, -0.15) is 4.31 Å². The summed E-state index contributed by atoms with van der Waals surface area (Å²) in [6, 6.07) is 10.5. The molecule has 160 valence electrons. The van der Waals surface area contributed by atoms with E-state index in [-0.39, 0.29) is 23.8 Å². The average Bonchev–Trinajstić information content (AvgIpc) is 3.41. The van der Waals surface area contributed by atoms with Crippen LogP contribution in [0.3, 0.4) is 0 Å². The van der Waals surface area contributed by atoms with Gasteiger partial charge in [0.15, 0.2) is 0 Å². The number of carbonyl (C=O) groups excluding carboxylic acids is 2. The molecule has 1 N–H and O–H groups in total. The SMILES string of the molecule is Cc1ccc(NC(=O)C(=O)N2CCC3(CC2)OCCN3S(=O)(=O)c2cccs2)cc1. The van der Waals surface area contributed by atoms with Gasteiger partial charge in [0.1, 0.15) is 9.93 Å². The lowest BCUT2D eigenvalue weighted by molar-refractivity contribution is -0.148. The Morgan fingerprint density at radius 1 is 1.10 bits per heavy atom. The number of benzene rings is 1. The van der Waals surface area contributed by atoms with Crippen molar-refractivity contribution in [1.29, 1.82) is 0 Å². The normalized spacial score (nSPS) is 19.2. The minimum absolute atomic E-state index is 0.247. The Hall–Kier alpha value is -2.27. The Balaban J connectivity index is 1.42. The maximum Gasteiger partial charge on any atom is 0.313 e. The van der Waals surface area contributed by atoms with Gasteiger partial charge in [-0.25, -0.2) is 8.42 Å². The molecule has 10 heteroatoms. The fourth-order valence-electron chi connectivity index (χ4n) is 3.87. The molecule has 2 aliphatic heterocycles. The average molecular weight is 450 g/mol. The highest BCUT2D eigenvalue weighted by atomic mass is 32.2. The van der Waals surface area contributed by atoms with Crippen molar-refractivity contribution in [2.75, 3.05) is 31.6 Å². The number of anilines is 1. The van der Waals surface area contributed by atoms with E-state index in [0.29, 0.717) is 25.1 Å². The van der Waals surface area contributed by atoms with Crippen molar-refractivity contribution in [2.24, 2.45) is 0 Å². The molecule has 0 aliphatic carbocycles. The van der Waals surface area contributed by atoms with Gasteiger partial charge in [-0.3, -0.25) is 9.59 Å². The maximum absolute atomic E-state index is 13.0. The quantitative estimate of drug-likeness (QED) is 0.724. The first-order chi connectivity index (χ1) is 14.3. The van der Waals surface area contributed by atoms with E-state index in [1.807, 2.05) is 19.1 Å². The van der Waals surface area contributed by atoms with Crippen LogP contribution in [0, 0.1) is 6.92 Å². The van der Waals surface area contributed by atoms with Gasteiger partial charge in [0.05, 0.1) is 6.61 Å². The molecule has 1 aromatic heterocycles. The maximum atomic E-state index is 13.0. The molecule has 8 nitrogen and oxygen atoms in total. The molecule has 2 saturated heterocycles. The van der Waals surface area contributed by atoms with Crippen molar-refractivity contribution in [3.8, 4) is 0 Å². The van der Waals surface area contributed by atoms with Gasteiger partial charge >= 0.3 is 11.8 Å². The van der Waals surface area contributed by atoms with Gasteiger partial charge in [-0.05, 0) is 30.5 Å². The van der Waals surface area contributed by atoms with Crippen LogP contribution in [0.1, 0.15) is 18.4 Å². The molecule has 1 spiro atoms. The van der Waals surface area contributed by atoms with E-state index in [4.69, 9.17) is 4.74 Å². The predicted octanol–water partition coefficient (Wildman–Crippen LogP) is 2.03. The van der Waals surface area contributed by atoms with Crippen LogP contribution in [0.5, 0.6) is 0 Å². The highest BCUT2D eigenvalue weighted by Crippen LogP contribution is 2.39. The van der Waals surface area contributed by atoms with Crippen molar-refractivity contribution >= 4 is 38.9 Å². The van der Waals surface area contributed by atoms with E-state index in [2.05, 4.69) is 5.32 Å². The highest BCUT2D eigenvalue weighted by molar-refractivity contribution is 7.91. The molecule has 1 aromatic carbocycles. The second kappa shape index (κ2) is 8.10. The zero-order chi connectivity index (χ0) is 21.4. The Labute approximate surface area is 179 Å². The van der Waals surface area contributed by atoms with E-state index in [9.17, 15) is 18.0 Å². The van der Waals surface area contributed by atoms with Crippen molar-refractivity contribution in [2.45, 2.75) is 29.7 Å². The Morgan fingerprint density at radius 2 is 1.80 bits per heavy atom. The Kier molecular flexibility index (Phi) is 5.67. The van der Waals surface area contributed by atoms with Gasteiger partial charge in [0, 0.05) is 38.2 Å². The number of likely N-dealkylation sites (tertiary alicyclic amines) is 1. The van der Waals surface area contributed by atoms with E-state index in [1.54, 1.807) is 29.6 Å². The second-order valence-electron chi connectivity index (χ2n) is 7.42. The van der Waals surface area contributed by atoms with Crippen molar-refractivity contribution in [3.63, 3.8) is 0 Å². The molecular formula is C20H23N3O5S2. The summed E-state index contributed by atoms with van der Waals surface area (Å²) in [6.45, 7) is 3.02. The van der Waals surface area contributed by atoms with Crippen LogP contribution in [0.2, 0.25) is 0 Å². The van der Waals surface area contributed by atoms with Crippen LogP contribution in [0.4, 0.5) is 5.69 Å². The van der Waals surface area contributed by atoms with E-state index in [0.717, 1.165) is 5.56 Å². The zero-order valence-corrected chi connectivity index (χ0v) is 18.2. The molecule has 0 saturated carbocycles. The third-order valence-electron chi connectivity index (χ3n) is 5.49. The number of carbonyl (C=O) groups is 2. The summed E-state index contributed by atoms with van der Waals surface area (Å²) in [5, 5.41) is 4.34. The number of ether oxygens (including phenoxy) is 1. The van der Waals surface area contributed by atoms with Gasteiger partial charge in [-0.15, -0.1) is 11.3 Å². The number of sulfonamides is 1.